The van der Waals surface area contributed by atoms with Gasteiger partial charge in [0.05, 0.1) is 0 Å². The molecule has 0 aliphatic rings. The zero-order valence-corrected chi connectivity index (χ0v) is 15.7. The van der Waals surface area contributed by atoms with Gasteiger partial charge in [0.2, 0.25) is 0 Å². The Bertz CT molecular complexity index is 486. The second kappa shape index (κ2) is 8.53. The molecule has 22 heavy (non-hydrogen) atoms. The highest BCUT2D eigenvalue weighted by Crippen LogP contribution is 2.22. The lowest BCUT2D eigenvalue weighted by atomic mass is 10.1. The number of halogens is 1. The van der Waals surface area contributed by atoms with E-state index in [0.717, 1.165) is 10.9 Å². The predicted molar refractivity (Wildman–Crippen MR) is 94.0 cm³/mol. The summed E-state index contributed by atoms with van der Waals surface area (Å²) in [6, 6.07) is 8.38. The maximum atomic E-state index is 11.8. The van der Waals surface area contributed by atoms with E-state index in [4.69, 9.17) is 4.74 Å². The first-order chi connectivity index (χ1) is 10.2. The maximum absolute atomic E-state index is 11.8. The van der Waals surface area contributed by atoms with E-state index in [0.29, 0.717) is 6.54 Å². The van der Waals surface area contributed by atoms with Crippen molar-refractivity contribution >= 4 is 22.0 Å². The third-order valence-electron chi connectivity index (χ3n) is 3.26. The highest BCUT2D eigenvalue weighted by Gasteiger charge is 2.19. The Morgan fingerprint density at radius 1 is 1.32 bits per heavy atom. The standard InChI is InChI=1S/C17H27BrN2O2/c1-6-13(20-16(21)22-17(3,4)5)11-19-12(2)14-9-7-8-10-15(14)18/h7-10,12-13,19H,6,11H2,1-5H3,(H,20,21). The molecule has 0 aromatic heterocycles. The van der Waals surface area contributed by atoms with Crippen LogP contribution in [0.3, 0.4) is 0 Å². The quantitative estimate of drug-likeness (QED) is 0.779. The summed E-state index contributed by atoms with van der Waals surface area (Å²) in [5.74, 6) is 0. The van der Waals surface area contributed by atoms with E-state index in [1.165, 1.54) is 5.56 Å². The molecule has 0 aliphatic carbocycles. The lowest BCUT2D eigenvalue weighted by molar-refractivity contribution is 0.0502. The van der Waals surface area contributed by atoms with Crippen molar-refractivity contribution in [2.75, 3.05) is 6.54 Å². The first-order valence-corrected chi connectivity index (χ1v) is 8.49. The van der Waals surface area contributed by atoms with E-state index in [1.807, 2.05) is 45.9 Å². The number of amides is 1. The van der Waals surface area contributed by atoms with Crippen molar-refractivity contribution in [3.8, 4) is 0 Å². The molecule has 5 heteroatoms. The second-order valence-corrected chi connectivity index (χ2v) is 7.26. The van der Waals surface area contributed by atoms with Crippen LogP contribution in [0.5, 0.6) is 0 Å². The Balaban J connectivity index is 2.50. The fourth-order valence-corrected chi connectivity index (χ4v) is 2.66. The summed E-state index contributed by atoms with van der Waals surface area (Å²) in [5.41, 5.74) is 0.729. The van der Waals surface area contributed by atoms with Crippen LogP contribution in [0.4, 0.5) is 4.79 Å². The molecule has 0 bridgehead atoms. The summed E-state index contributed by atoms with van der Waals surface area (Å²) < 4.78 is 6.38. The monoisotopic (exact) mass is 370 g/mol. The molecule has 2 atom stereocenters. The summed E-state index contributed by atoms with van der Waals surface area (Å²) in [6.45, 7) is 10.4. The molecule has 0 heterocycles. The molecule has 0 radical (unpaired) electrons. The van der Waals surface area contributed by atoms with Gasteiger partial charge in [0.25, 0.3) is 0 Å². The van der Waals surface area contributed by atoms with E-state index in [2.05, 4.69) is 39.6 Å². The number of hydrogen-bond acceptors (Lipinski definition) is 3. The summed E-state index contributed by atoms with van der Waals surface area (Å²) >= 11 is 3.56. The van der Waals surface area contributed by atoms with Crippen LogP contribution in [0.25, 0.3) is 0 Å². The molecule has 0 saturated carbocycles. The number of ether oxygens (including phenoxy) is 1. The van der Waals surface area contributed by atoms with Crippen LogP contribution in [0.15, 0.2) is 28.7 Å². The average Bonchev–Trinajstić information content (AvgIpc) is 2.41. The van der Waals surface area contributed by atoms with Gasteiger partial charge in [0.1, 0.15) is 5.60 Å². The van der Waals surface area contributed by atoms with Crippen LogP contribution in [-0.2, 0) is 4.74 Å². The number of carbonyl (C=O) groups is 1. The largest absolute Gasteiger partial charge is 0.444 e. The summed E-state index contributed by atoms with van der Waals surface area (Å²) in [7, 11) is 0. The van der Waals surface area contributed by atoms with Crippen LogP contribution in [-0.4, -0.2) is 24.3 Å². The zero-order chi connectivity index (χ0) is 16.8. The Labute approximate surface area is 142 Å². The van der Waals surface area contributed by atoms with E-state index in [9.17, 15) is 4.79 Å². The van der Waals surface area contributed by atoms with Gasteiger partial charge in [-0.1, -0.05) is 41.1 Å². The number of hydrogen-bond donors (Lipinski definition) is 2. The number of alkyl carbamates (subject to hydrolysis) is 1. The van der Waals surface area contributed by atoms with Crippen molar-refractivity contribution in [2.45, 2.75) is 58.7 Å². The van der Waals surface area contributed by atoms with Crippen molar-refractivity contribution in [1.82, 2.24) is 10.6 Å². The molecule has 2 unspecified atom stereocenters. The highest BCUT2D eigenvalue weighted by atomic mass is 79.9. The van der Waals surface area contributed by atoms with Crippen LogP contribution in [0.2, 0.25) is 0 Å². The smallest absolute Gasteiger partial charge is 0.407 e. The molecule has 1 amide bonds. The molecular weight excluding hydrogens is 344 g/mol. The van der Waals surface area contributed by atoms with Gasteiger partial charge >= 0.3 is 6.09 Å². The van der Waals surface area contributed by atoms with Gasteiger partial charge in [-0.25, -0.2) is 4.79 Å². The Kier molecular flexibility index (Phi) is 7.36. The maximum Gasteiger partial charge on any atom is 0.407 e. The Hall–Kier alpha value is -1.07. The lowest BCUT2D eigenvalue weighted by Gasteiger charge is -2.24. The molecule has 0 spiro atoms. The van der Waals surface area contributed by atoms with Crippen molar-refractivity contribution < 1.29 is 9.53 Å². The van der Waals surface area contributed by atoms with Gasteiger partial charge in [-0.2, -0.15) is 0 Å². The van der Waals surface area contributed by atoms with Crippen molar-refractivity contribution in [2.24, 2.45) is 0 Å². The number of carbonyl (C=O) groups excluding carboxylic acids is 1. The summed E-state index contributed by atoms with van der Waals surface area (Å²) in [4.78, 5) is 11.8. The van der Waals surface area contributed by atoms with Crippen LogP contribution >= 0.6 is 15.9 Å². The number of benzene rings is 1. The predicted octanol–water partition coefficient (Wildman–Crippen LogP) is 4.40. The van der Waals surface area contributed by atoms with E-state index in [-0.39, 0.29) is 18.2 Å². The minimum absolute atomic E-state index is 0.0415. The third kappa shape index (κ3) is 6.79. The van der Waals surface area contributed by atoms with Crippen LogP contribution in [0.1, 0.15) is 52.6 Å². The van der Waals surface area contributed by atoms with Crippen molar-refractivity contribution in [3.05, 3.63) is 34.3 Å². The first-order valence-electron chi connectivity index (χ1n) is 7.70. The topological polar surface area (TPSA) is 50.4 Å². The molecule has 1 rings (SSSR count). The second-order valence-electron chi connectivity index (χ2n) is 6.40. The molecule has 1 aromatic rings. The minimum Gasteiger partial charge on any atom is -0.444 e. The molecular formula is C17H27BrN2O2. The Morgan fingerprint density at radius 3 is 2.50 bits per heavy atom. The van der Waals surface area contributed by atoms with E-state index in [1.54, 1.807) is 0 Å². The van der Waals surface area contributed by atoms with Crippen molar-refractivity contribution in [1.29, 1.82) is 0 Å². The third-order valence-corrected chi connectivity index (χ3v) is 3.98. The zero-order valence-electron chi connectivity index (χ0n) is 14.1. The highest BCUT2D eigenvalue weighted by molar-refractivity contribution is 9.10. The fourth-order valence-electron chi connectivity index (χ4n) is 2.03. The SMILES string of the molecule is CCC(CNC(C)c1ccccc1Br)NC(=O)OC(C)(C)C. The number of nitrogens with one attached hydrogen (secondary N) is 2. The summed E-state index contributed by atoms with van der Waals surface area (Å²) in [5, 5.41) is 6.37. The minimum atomic E-state index is -0.474. The number of rotatable bonds is 6. The van der Waals surface area contributed by atoms with Crippen LogP contribution in [0, 0.1) is 0 Å². The molecule has 1 aromatic carbocycles. The van der Waals surface area contributed by atoms with Gasteiger partial charge in [-0.3, -0.25) is 0 Å². The van der Waals surface area contributed by atoms with Gasteiger partial charge in [0.15, 0.2) is 0 Å². The average molecular weight is 371 g/mol. The lowest BCUT2D eigenvalue weighted by Crippen LogP contribution is -2.44. The van der Waals surface area contributed by atoms with Crippen LogP contribution < -0.4 is 10.6 Å². The molecule has 0 fully saturated rings. The van der Waals surface area contributed by atoms with E-state index < -0.39 is 5.60 Å². The molecule has 0 aliphatic heterocycles. The molecule has 0 saturated heterocycles. The normalized spacial score (nSPS) is 14.3. The van der Waals surface area contributed by atoms with Crippen molar-refractivity contribution in [3.63, 3.8) is 0 Å². The summed E-state index contributed by atoms with van der Waals surface area (Å²) in [6.07, 6.45) is 0.476. The van der Waals surface area contributed by atoms with E-state index >= 15 is 0 Å². The first kappa shape index (κ1) is 19.0. The molecule has 4 nitrogen and oxygen atoms in total. The molecule has 2 N–H and O–H groups in total. The van der Waals surface area contributed by atoms with Gasteiger partial charge in [-0.15, -0.1) is 0 Å². The fraction of sp³-hybridized carbons (Fsp3) is 0.588. The molecule has 124 valence electrons. The Morgan fingerprint density at radius 2 is 1.95 bits per heavy atom. The van der Waals surface area contributed by atoms with Gasteiger partial charge in [0, 0.05) is 23.1 Å². The van der Waals surface area contributed by atoms with Gasteiger partial charge < -0.3 is 15.4 Å². The van der Waals surface area contributed by atoms with Gasteiger partial charge in [-0.05, 0) is 45.7 Å².